The number of aromatic carboxylic acids is 1. The van der Waals surface area contributed by atoms with Crippen molar-refractivity contribution in [1.29, 1.82) is 0 Å². The molecule has 2 aliphatic rings. The van der Waals surface area contributed by atoms with Crippen LogP contribution in [0.5, 0.6) is 11.5 Å². The molecule has 1 aliphatic carbocycles. The van der Waals surface area contributed by atoms with Crippen molar-refractivity contribution in [3.8, 4) is 33.9 Å². The summed E-state index contributed by atoms with van der Waals surface area (Å²) in [5, 5.41) is 31.2. The average Bonchev–Trinajstić information content (AvgIpc) is 3.44. The molecule has 0 spiro atoms. The second-order valence-corrected chi connectivity index (χ2v) is 13.7. The maximum Gasteiger partial charge on any atom is 0.336 e. The zero-order valence-corrected chi connectivity index (χ0v) is 31.5. The van der Waals surface area contributed by atoms with Crippen LogP contribution in [0.2, 0.25) is 5.02 Å². The molecule has 5 aromatic rings. The van der Waals surface area contributed by atoms with Crippen LogP contribution in [0.15, 0.2) is 106 Å². The molecule has 56 heavy (non-hydrogen) atoms. The largest absolute Gasteiger partial charge is 0.508 e. The van der Waals surface area contributed by atoms with E-state index in [0.717, 1.165) is 0 Å². The molecule has 1 aliphatic heterocycles. The van der Waals surface area contributed by atoms with Gasteiger partial charge in [-0.15, -0.1) is 0 Å². The van der Waals surface area contributed by atoms with Gasteiger partial charge in [0.25, 0.3) is 5.91 Å². The molecule has 0 unspecified atom stereocenters. The van der Waals surface area contributed by atoms with E-state index in [0.29, 0.717) is 66.3 Å². The quantitative estimate of drug-likeness (QED) is 0.0538. The number of nitrogens with one attached hydrogen (secondary N) is 3. The summed E-state index contributed by atoms with van der Waals surface area (Å²) in [7, 11) is 1.55. The fraction of sp³-hybridized carbons (Fsp3) is 0.119. The highest BCUT2D eigenvalue weighted by Gasteiger charge is 2.24. The molecule has 7 rings (SSSR count). The number of carbonyl (C=O) groups is 3. The van der Waals surface area contributed by atoms with Gasteiger partial charge in [0.1, 0.15) is 22.8 Å². The molecule has 0 radical (unpaired) electrons. The number of amides is 1. The molecule has 1 aromatic heterocycles. The molecule has 0 bridgehead atoms. The van der Waals surface area contributed by atoms with Crippen molar-refractivity contribution in [3.63, 3.8) is 0 Å². The molecule has 0 saturated carbocycles. The van der Waals surface area contributed by atoms with Crippen LogP contribution < -0.4 is 26.1 Å². The number of benzene rings is 5. The Morgan fingerprint density at radius 2 is 1.62 bits per heavy atom. The molecule has 0 saturated heterocycles. The Balaban J connectivity index is 1.03. The number of carboxylic acids is 1. The topological polar surface area (TPSA) is 172 Å². The van der Waals surface area contributed by atoms with Gasteiger partial charge in [-0.05, 0) is 109 Å². The van der Waals surface area contributed by atoms with Crippen molar-refractivity contribution < 1.29 is 33.8 Å². The van der Waals surface area contributed by atoms with Gasteiger partial charge < -0.3 is 35.3 Å². The minimum absolute atomic E-state index is 0.00268. The third kappa shape index (κ3) is 7.50. The Morgan fingerprint density at radius 3 is 2.38 bits per heavy atom. The number of thiocarbonyl (C=S) groups is 1. The van der Waals surface area contributed by atoms with Crippen LogP contribution in [0.3, 0.4) is 0 Å². The predicted molar refractivity (Wildman–Crippen MR) is 219 cm³/mol. The summed E-state index contributed by atoms with van der Waals surface area (Å²) in [6, 6.07) is 25.5. The average molecular weight is 789 g/mol. The first-order chi connectivity index (χ1) is 26.9. The first kappa shape index (κ1) is 37.6. The molecular weight excluding hydrogens is 756 g/mol. The monoisotopic (exact) mass is 788 g/mol. The number of fused-ring (bicyclic) bond motifs is 3. The zero-order chi connectivity index (χ0) is 39.7. The summed E-state index contributed by atoms with van der Waals surface area (Å²) in [6.45, 7) is 2.27. The lowest BCUT2D eigenvalue weighted by atomic mass is 9.90. The van der Waals surface area contributed by atoms with E-state index in [-0.39, 0.29) is 64.5 Å². The molecule has 282 valence electrons. The van der Waals surface area contributed by atoms with E-state index in [2.05, 4.69) is 16.0 Å². The lowest BCUT2D eigenvalue weighted by Crippen LogP contribution is -2.37. The van der Waals surface area contributed by atoms with E-state index in [1.165, 1.54) is 30.3 Å². The second-order valence-electron chi connectivity index (χ2n) is 12.9. The number of carboxylic acid groups (broad SMARTS) is 1. The molecule has 14 heteroatoms. The summed E-state index contributed by atoms with van der Waals surface area (Å²) in [5.74, 6) is -0.942. The number of carbonyl (C=O) groups excluding carboxylic acids is 2. The molecule has 2 heterocycles. The molecule has 0 atom stereocenters. The van der Waals surface area contributed by atoms with E-state index in [4.69, 9.17) is 33.0 Å². The maximum atomic E-state index is 13.6. The van der Waals surface area contributed by atoms with Crippen molar-refractivity contribution in [3.05, 3.63) is 135 Å². The minimum Gasteiger partial charge on any atom is -0.508 e. The summed E-state index contributed by atoms with van der Waals surface area (Å²) in [6.07, 6.45) is 0.00268. The summed E-state index contributed by atoms with van der Waals surface area (Å²) in [5.41, 5.74) is 4.16. The van der Waals surface area contributed by atoms with Gasteiger partial charge in [-0.3, -0.25) is 19.0 Å². The van der Waals surface area contributed by atoms with E-state index >= 15 is 0 Å². The SMILES string of the molecule is COc1ccc2c(c1)c(CC(=O)NCCNC(=S)Nc1ccc(-c3c4ccc(=O)cc-4oc4cc(O)ccc34)c(C(=O)O)c1)c(C)n2C(=O)c1ccc(Cl)cc1. The van der Waals surface area contributed by atoms with Gasteiger partial charge >= 0.3 is 5.97 Å². The number of aromatic hydroxyl groups is 1. The fourth-order valence-electron chi connectivity index (χ4n) is 6.74. The Hall–Kier alpha value is -6.70. The number of hydrogen-bond donors (Lipinski definition) is 5. The number of methoxy groups -OCH3 is 1. The maximum absolute atomic E-state index is 13.6. The number of aromatic nitrogens is 1. The van der Waals surface area contributed by atoms with Gasteiger partial charge in [-0.1, -0.05) is 17.7 Å². The van der Waals surface area contributed by atoms with Crippen molar-refractivity contribution in [2.45, 2.75) is 13.3 Å². The van der Waals surface area contributed by atoms with Crippen LogP contribution in [0, 0.1) is 6.92 Å². The van der Waals surface area contributed by atoms with E-state index in [1.807, 2.05) is 0 Å². The van der Waals surface area contributed by atoms with Gasteiger partial charge in [-0.25, -0.2) is 4.79 Å². The number of rotatable bonds is 10. The Labute approximate surface area is 329 Å². The Kier molecular flexibility index (Phi) is 10.5. The highest BCUT2D eigenvalue weighted by atomic mass is 35.5. The number of anilines is 1. The number of hydrogen-bond acceptors (Lipinski definition) is 8. The van der Waals surface area contributed by atoms with E-state index < -0.39 is 5.97 Å². The third-order valence-corrected chi connectivity index (χ3v) is 9.86. The number of nitrogens with zero attached hydrogens (tertiary/aromatic N) is 1. The Morgan fingerprint density at radius 1 is 0.875 bits per heavy atom. The van der Waals surface area contributed by atoms with Crippen LogP contribution in [-0.4, -0.2) is 57.9 Å². The molecule has 1 amide bonds. The number of phenols is 1. The van der Waals surface area contributed by atoms with Crippen LogP contribution in [0.4, 0.5) is 5.69 Å². The van der Waals surface area contributed by atoms with E-state index in [9.17, 15) is 29.4 Å². The molecule has 12 nitrogen and oxygen atoms in total. The normalized spacial score (nSPS) is 11.1. The zero-order valence-electron chi connectivity index (χ0n) is 29.9. The third-order valence-electron chi connectivity index (χ3n) is 9.36. The molecule has 4 aromatic carbocycles. The molecular formula is C42H33ClN4O8S. The number of halogens is 1. The highest BCUT2D eigenvalue weighted by molar-refractivity contribution is 7.80. The van der Waals surface area contributed by atoms with Crippen molar-refractivity contribution in [2.24, 2.45) is 0 Å². The first-order valence-electron chi connectivity index (χ1n) is 17.3. The van der Waals surface area contributed by atoms with Crippen LogP contribution in [0.25, 0.3) is 44.3 Å². The number of ether oxygens (including phenoxy) is 1. The predicted octanol–water partition coefficient (Wildman–Crippen LogP) is 7.23. The summed E-state index contributed by atoms with van der Waals surface area (Å²) in [4.78, 5) is 51.6. The lowest BCUT2D eigenvalue weighted by Gasteiger charge is -2.18. The minimum atomic E-state index is -1.20. The van der Waals surface area contributed by atoms with Gasteiger partial charge in [0.2, 0.25) is 5.91 Å². The van der Waals surface area contributed by atoms with Gasteiger partial charge in [0, 0.05) is 69.1 Å². The lowest BCUT2D eigenvalue weighted by molar-refractivity contribution is -0.120. The van der Waals surface area contributed by atoms with Crippen molar-refractivity contribution in [1.82, 2.24) is 15.2 Å². The standard InChI is InChI=1S/C42H33ClN4O8S/c1-22-32(33-20-28(54-2)10-14-35(33)47(22)40(51)23-3-5-24(43)6-4-23)21-38(50)44-15-16-45-42(56)46-25-7-11-29(34(17-25)41(52)53)39-30-12-8-26(48)18-36(30)55-37-19-27(49)9-13-31(37)39/h3-14,17-20,48H,15-16,21H2,1-2H3,(H,44,50)(H,52,53)(H2,45,46,56). The van der Waals surface area contributed by atoms with Gasteiger partial charge in [-0.2, -0.15) is 0 Å². The molecule has 5 N–H and O–H groups in total. The van der Waals surface area contributed by atoms with Crippen molar-refractivity contribution >= 4 is 74.3 Å². The van der Waals surface area contributed by atoms with Crippen LogP contribution in [0.1, 0.15) is 32.0 Å². The first-order valence-corrected chi connectivity index (χ1v) is 18.1. The van der Waals surface area contributed by atoms with Crippen molar-refractivity contribution in [2.75, 3.05) is 25.5 Å². The summed E-state index contributed by atoms with van der Waals surface area (Å²) < 4.78 is 12.9. The summed E-state index contributed by atoms with van der Waals surface area (Å²) >= 11 is 11.5. The molecule has 0 fully saturated rings. The van der Waals surface area contributed by atoms with Gasteiger partial charge in [0.05, 0.1) is 24.6 Å². The highest BCUT2D eigenvalue weighted by Crippen LogP contribution is 2.42. The number of phenolic OH excluding ortho intramolecular Hbond substituents is 1. The van der Waals surface area contributed by atoms with E-state index in [1.54, 1.807) is 85.3 Å². The van der Waals surface area contributed by atoms with Crippen LogP contribution >= 0.6 is 23.8 Å². The smallest absolute Gasteiger partial charge is 0.336 e. The van der Waals surface area contributed by atoms with Crippen LogP contribution in [-0.2, 0) is 11.2 Å². The Bertz CT molecular complexity index is 2740. The second kappa shape index (κ2) is 15.6. The fourth-order valence-corrected chi connectivity index (χ4v) is 7.08. The van der Waals surface area contributed by atoms with Gasteiger partial charge in [0.15, 0.2) is 10.5 Å².